The molecule has 1 saturated heterocycles. The van der Waals surface area contributed by atoms with E-state index in [1.165, 1.54) is 56.2 Å². The quantitative estimate of drug-likeness (QED) is 0.260. The molecule has 0 unspecified atom stereocenters. The summed E-state index contributed by atoms with van der Waals surface area (Å²) in [6.07, 6.45) is 9.23. The van der Waals surface area contributed by atoms with Gasteiger partial charge in [-0.2, -0.15) is 0 Å². The minimum absolute atomic E-state index is 0.135. The van der Waals surface area contributed by atoms with E-state index >= 15 is 0 Å². The Balaban J connectivity index is 1.06. The third-order valence-corrected chi connectivity index (χ3v) is 9.65. The molecule has 0 aromatic heterocycles. The van der Waals surface area contributed by atoms with Gasteiger partial charge in [0.25, 0.3) is 11.8 Å². The molecule has 8 heteroatoms. The van der Waals surface area contributed by atoms with Gasteiger partial charge < -0.3 is 9.84 Å². The van der Waals surface area contributed by atoms with Crippen LogP contribution in [0.25, 0.3) is 6.08 Å². The fourth-order valence-electron chi connectivity index (χ4n) is 8.11. The number of carboxylic acid groups (broad SMARTS) is 1. The van der Waals surface area contributed by atoms with Gasteiger partial charge in [-0.3, -0.25) is 14.9 Å². The number of ether oxygens (including phenoxy) is 1. The third-order valence-electron chi connectivity index (χ3n) is 9.65. The minimum atomic E-state index is -1.00. The van der Waals surface area contributed by atoms with Crippen LogP contribution in [-0.4, -0.2) is 28.9 Å². The van der Waals surface area contributed by atoms with Crippen molar-refractivity contribution in [1.29, 1.82) is 0 Å². The molecule has 8 rings (SSSR count). The van der Waals surface area contributed by atoms with Crippen molar-refractivity contribution in [1.82, 2.24) is 5.32 Å². The average molecular weight is 577 g/mol. The predicted molar refractivity (Wildman–Crippen MR) is 159 cm³/mol. The van der Waals surface area contributed by atoms with E-state index in [4.69, 9.17) is 4.74 Å². The molecule has 5 fully saturated rings. The summed E-state index contributed by atoms with van der Waals surface area (Å²) in [5.41, 5.74) is 3.29. The zero-order valence-electron chi connectivity index (χ0n) is 23.6. The summed E-state index contributed by atoms with van der Waals surface area (Å²) in [7, 11) is 0. The highest BCUT2D eigenvalue weighted by atomic mass is 16.5. The Morgan fingerprint density at radius 2 is 1.56 bits per heavy atom. The van der Waals surface area contributed by atoms with E-state index in [0.29, 0.717) is 22.6 Å². The summed E-state index contributed by atoms with van der Waals surface area (Å²) in [5.74, 6) is 0.570. The second-order valence-corrected chi connectivity index (χ2v) is 12.6. The lowest BCUT2D eigenvalue weighted by atomic mass is 9.48. The van der Waals surface area contributed by atoms with E-state index < -0.39 is 23.8 Å². The highest BCUT2D eigenvalue weighted by molar-refractivity contribution is 6.39. The molecule has 2 N–H and O–H groups in total. The van der Waals surface area contributed by atoms with E-state index in [-0.39, 0.29) is 23.2 Å². The number of imide groups is 2. The number of carbonyl (C=O) groups excluding carboxylic acids is 3. The van der Waals surface area contributed by atoms with Crippen LogP contribution in [0.1, 0.15) is 65.6 Å². The fraction of sp³-hybridized carbons (Fsp3) is 0.314. The number of aromatic carboxylic acids is 1. The molecule has 4 aliphatic carbocycles. The summed E-state index contributed by atoms with van der Waals surface area (Å²) in [4.78, 5) is 51.2. The number of nitrogens with zero attached hydrogens (tertiary/aromatic N) is 1. The number of nitrogens with one attached hydrogen (secondary N) is 1. The van der Waals surface area contributed by atoms with Crippen LogP contribution >= 0.6 is 0 Å². The number of barbiturate groups is 1. The summed E-state index contributed by atoms with van der Waals surface area (Å²) in [6, 6.07) is 20.4. The second kappa shape index (κ2) is 10.5. The number of benzene rings is 3. The molecule has 4 amide bonds. The predicted octanol–water partition coefficient (Wildman–Crippen LogP) is 6.10. The number of urea groups is 1. The number of carbonyl (C=O) groups is 4. The molecule has 3 aromatic rings. The maximum absolute atomic E-state index is 13.5. The Bertz CT molecular complexity index is 1620. The molecule has 0 spiro atoms. The highest BCUT2D eigenvalue weighted by Gasteiger charge is 2.51. The molecule has 0 atom stereocenters. The summed E-state index contributed by atoms with van der Waals surface area (Å²) >= 11 is 0. The average Bonchev–Trinajstić information content (AvgIpc) is 2.98. The molecule has 4 saturated carbocycles. The van der Waals surface area contributed by atoms with E-state index in [0.717, 1.165) is 22.7 Å². The summed E-state index contributed by atoms with van der Waals surface area (Å²) in [5, 5.41) is 11.5. The van der Waals surface area contributed by atoms with Crippen molar-refractivity contribution in [2.75, 3.05) is 4.90 Å². The highest BCUT2D eigenvalue weighted by Crippen LogP contribution is 2.60. The largest absolute Gasteiger partial charge is 0.489 e. The Morgan fingerprint density at radius 1 is 0.907 bits per heavy atom. The normalized spacial score (nSPS) is 27.0. The Labute approximate surface area is 249 Å². The van der Waals surface area contributed by atoms with Gasteiger partial charge in [0.2, 0.25) is 0 Å². The molecular formula is C35H32N2O6. The number of hydrogen-bond acceptors (Lipinski definition) is 5. The lowest BCUT2D eigenvalue weighted by Crippen LogP contribution is -2.54. The van der Waals surface area contributed by atoms with Crippen LogP contribution in [0.2, 0.25) is 0 Å². The number of carboxylic acids is 1. The van der Waals surface area contributed by atoms with E-state index in [1.54, 1.807) is 42.5 Å². The molecule has 1 heterocycles. The van der Waals surface area contributed by atoms with E-state index in [1.807, 2.05) is 12.1 Å². The first kappa shape index (κ1) is 27.1. The van der Waals surface area contributed by atoms with Crippen LogP contribution < -0.4 is 15.0 Å². The molecule has 43 heavy (non-hydrogen) atoms. The number of hydrogen-bond donors (Lipinski definition) is 2. The maximum atomic E-state index is 13.5. The summed E-state index contributed by atoms with van der Waals surface area (Å²) in [6.45, 7) is 0.182. The van der Waals surface area contributed by atoms with Crippen molar-refractivity contribution in [3.05, 3.63) is 101 Å². The molecule has 218 valence electrons. The fourth-order valence-corrected chi connectivity index (χ4v) is 8.11. The lowest BCUT2D eigenvalue weighted by molar-refractivity contribution is -0.122. The van der Waals surface area contributed by atoms with Crippen molar-refractivity contribution in [3.8, 4) is 5.75 Å². The van der Waals surface area contributed by atoms with Crippen LogP contribution in [-0.2, 0) is 21.6 Å². The van der Waals surface area contributed by atoms with E-state index in [9.17, 15) is 24.3 Å². The van der Waals surface area contributed by atoms with Crippen LogP contribution in [0.15, 0.2) is 78.4 Å². The van der Waals surface area contributed by atoms with Crippen molar-refractivity contribution in [3.63, 3.8) is 0 Å². The first-order valence-electron chi connectivity index (χ1n) is 14.8. The van der Waals surface area contributed by atoms with Crippen molar-refractivity contribution >= 4 is 35.6 Å². The lowest BCUT2D eigenvalue weighted by Gasteiger charge is -2.57. The van der Waals surface area contributed by atoms with Crippen LogP contribution in [0, 0.1) is 17.8 Å². The van der Waals surface area contributed by atoms with Gasteiger partial charge in [0, 0.05) is 0 Å². The van der Waals surface area contributed by atoms with Crippen LogP contribution in [0.5, 0.6) is 5.75 Å². The van der Waals surface area contributed by atoms with Gasteiger partial charge in [-0.15, -0.1) is 0 Å². The van der Waals surface area contributed by atoms with Gasteiger partial charge in [-0.05, 0) is 121 Å². The molecule has 1 aliphatic heterocycles. The first-order chi connectivity index (χ1) is 20.8. The Kier molecular flexibility index (Phi) is 6.64. The van der Waals surface area contributed by atoms with Gasteiger partial charge in [0.1, 0.15) is 17.9 Å². The van der Waals surface area contributed by atoms with Gasteiger partial charge in [-0.1, -0.05) is 36.4 Å². The van der Waals surface area contributed by atoms with Crippen LogP contribution in [0.3, 0.4) is 0 Å². The minimum Gasteiger partial charge on any atom is -0.489 e. The topological polar surface area (TPSA) is 113 Å². The summed E-state index contributed by atoms with van der Waals surface area (Å²) < 4.78 is 5.78. The first-order valence-corrected chi connectivity index (χ1v) is 14.8. The molecule has 3 aromatic carbocycles. The SMILES string of the molecule is O=C1NC(=O)N(c2ccc(C34CC5CC(CC(C5)C3)C4)cc2)C(=O)/C1=C/c1ccc(OCc2cccc(C(=O)O)c2)cc1. The van der Waals surface area contributed by atoms with E-state index in [2.05, 4.69) is 17.4 Å². The second-order valence-electron chi connectivity index (χ2n) is 12.6. The molecule has 0 radical (unpaired) electrons. The zero-order valence-corrected chi connectivity index (χ0v) is 23.6. The third kappa shape index (κ3) is 5.11. The molecule has 4 bridgehead atoms. The van der Waals surface area contributed by atoms with Gasteiger partial charge in [-0.25, -0.2) is 14.5 Å². The maximum Gasteiger partial charge on any atom is 0.335 e. The van der Waals surface area contributed by atoms with Gasteiger partial charge in [0.05, 0.1) is 11.3 Å². The smallest absolute Gasteiger partial charge is 0.335 e. The number of rotatable bonds is 7. The van der Waals surface area contributed by atoms with Crippen LogP contribution in [0.4, 0.5) is 10.5 Å². The van der Waals surface area contributed by atoms with Crippen molar-refractivity contribution < 1.29 is 29.0 Å². The van der Waals surface area contributed by atoms with Gasteiger partial charge >= 0.3 is 12.0 Å². The standard InChI is InChI=1S/C35H32N2O6/c38-31-30(16-21-4-10-29(11-5-21)43-20-22-2-1-3-26(15-22)33(40)41)32(39)37(34(42)36-31)28-8-6-27(7-9-28)35-17-23-12-24(18-35)14-25(13-23)19-35/h1-11,15-16,23-25H,12-14,17-20H2,(H,40,41)(H,36,38,42)/b30-16+. The number of anilines is 1. The Morgan fingerprint density at radius 3 is 2.19 bits per heavy atom. The Hall–Kier alpha value is -4.72. The van der Waals surface area contributed by atoms with Gasteiger partial charge in [0.15, 0.2) is 0 Å². The monoisotopic (exact) mass is 576 g/mol. The number of amides is 4. The molecule has 8 nitrogen and oxygen atoms in total. The molecule has 5 aliphatic rings. The zero-order chi connectivity index (χ0) is 29.7. The molecular weight excluding hydrogens is 544 g/mol. The van der Waals surface area contributed by atoms with Crippen molar-refractivity contribution in [2.24, 2.45) is 17.8 Å². The van der Waals surface area contributed by atoms with Crippen molar-refractivity contribution in [2.45, 2.75) is 50.5 Å².